The fraction of sp³-hybridized carbons (Fsp3) is 0.316. The number of hydrogen-bond acceptors (Lipinski definition) is 5. The van der Waals surface area contributed by atoms with Crippen molar-refractivity contribution in [1.29, 1.82) is 0 Å². The lowest BCUT2D eigenvalue weighted by molar-refractivity contribution is 0.198. The average Bonchev–Trinajstić information content (AvgIpc) is 2.67. The summed E-state index contributed by atoms with van der Waals surface area (Å²) in [4.78, 5) is 18.2. The van der Waals surface area contributed by atoms with Crippen LogP contribution in [0.4, 0.5) is 5.69 Å². The smallest absolute Gasteiger partial charge is 0.112 e. The third-order valence-corrected chi connectivity index (χ3v) is 5.33. The van der Waals surface area contributed by atoms with Crippen molar-refractivity contribution in [2.24, 2.45) is 0 Å². The molecule has 1 fully saturated rings. The van der Waals surface area contributed by atoms with E-state index < -0.39 is 0 Å². The van der Waals surface area contributed by atoms with Crippen LogP contribution < -0.4 is 4.90 Å². The largest absolute Gasteiger partial charge is 0.367 e. The molecule has 4 rings (SSSR count). The topological polar surface area (TPSA) is 45.2 Å². The molecule has 6 heteroatoms. The van der Waals surface area contributed by atoms with Crippen molar-refractivity contribution >= 4 is 32.7 Å². The Balaban J connectivity index is 1.51. The molecule has 128 valence electrons. The molecule has 0 aromatic carbocycles. The van der Waals surface area contributed by atoms with Crippen molar-refractivity contribution in [3.8, 4) is 0 Å². The number of nitrogens with zero attached hydrogens (tertiary/aromatic N) is 5. The minimum absolute atomic E-state index is 0.388. The fourth-order valence-electron chi connectivity index (χ4n) is 3.43. The summed E-state index contributed by atoms with van der Waals surface area (Å²) in [6.07, 6.45) is 7.51. The first kappa shape index (κ1) is 16.4. The van der Waals surface area contributed by atoms with Crippen molar-refractivity contribution in [1.82, 2.24) is 19.9 Å². The Morgan fingerprint density at radius 2 is 1.88 bits per heavy atom. The zero-order valence-corrected chi connectivity index (χ0v) is 15.7. The van der Waals surface area contributed by atoms with Gasteiger partial charge in [-0.15, -0.1) is 0 Å². The lowest BCUT2D eigenvalue weighted by atomic mass is 10.1. The fourth-order valence-corrected chi connectivity index (χ4v) is 3.75. The predicted molar refractivity (Wildman–Crippen MR) is 104 cm³/mol. The van der Waals surface area contributed by atoms with Gasteiger partial charge >= 0.3 is 0 Å². The number of anilines is 1. The average molecular weight is 398 g/mol. The van der Waals surface area contributed by atoms with Crippen LogP contribution in [-0.2, 0) is 0 Å². The molecule has 0 spiro atoms. The van der Waals surface area contributed by atoms with Crippen LogP contribution in [0.5, 0.6) is 0 Å². The van der Waals surface area contributed by atoms with Crippen molar-refractivity contribution in [3.05, 3.63) is 59.1 Å². The molecule has 0 bridgehead atoms. The van der Waals surface area contributed by atoms with Crippen LogP contribution in [0.2, 0.25) is 0 Å². The van der Waals surface area contributed by atoms with Crippen LogP contribution in [-0.4, -0.2) is 46.0 Å². The van der Waals surface area contributed by atoms with Gasteiger partial charge in [-0.2, -0.15) is 0 Å². The van der Waals surface area contributed by atoms with E-state index in [2.05, 4.69) is 59.7 Å². The predicted octanol–water partition coefficient (Wildman–Crippen LogP) is 3.67. The van der Waals surface area contributed by atoms with Crippen LogP contribution in [0.1, 0.15) is 18.5 Å². The van der Waals surface area contributed by atoms with E-state index in [1.54, 1.807) is 0 Å². The second-order valence-electron chi connectivity index (χ2n) is 6.34. The van der Waals surface area contributed by atoms with Gasteiger partial charge in [-0.25, -0.2) is 0 Å². The van der Waals surface area contributed by atoms with Gasteiger partial charge in [0.05, 0.1) is 11.2 Å². The lowest BCUT2D eigenvalue weighted by Crippen LogP contribution is -2.47. The Labute approximate surface area is 155 Å². The van der Waals surface area contributed by atoms with E-state index in [9.17, 15) is 0 Å². The Morgan fingerprint density at radius 3 is 2.64 bits per heavy atom. The van der Waals surface area contributed by atoms with E-state index in [4.69, 9.17) is 0 Å². The van der Waals surface area contributed by atoms with E-state index in [0.717, 1.165) is 41.7 Å². The van der Waals surface area contributed by atoms with Gasteiger partial charge in [0.25, 0.3) is 0 Å². The SMILES string of the molecule is CC(c1cccnc1)N1CCN(c2ccnc3cc(Br)cnc23)CC1. The highest BCUT2D eigenvalue weighted by atomic mass is 79.9. The number of aromatic nitrogens is 3. The summed E-state index contributed by atoms with van der Waals surface area (Å²) in [5.74, 6) is 0. The summed E-state index contributed by atoms with van der Waals surface area (Å²) in [5.41, 5.74) is 4.35. The number of rotatable bonds is 3. The van der Waals surface area contributed by atoms with E-state index in [-0.39, 0.29) is 0 Å². The standard InChI is InChI=1S/C19H20BrN5/c1-14(15-3-2-5-21-12-15)24-7-9-25(10-8-24)18-4-6-22-17-11-16(20)13-23-19(17)18/h2-6,11-14H,7-10H2,1H3. The molecule has 0 saturated carbocycles. The summed E-state index contributed by atoms with van der Waals surface area (Å²) in [6, 6.07) is 8.65. The second kappa shape index (κ2) is 7.06. The Kier molecular flexibility index (Phi) is 4.63. The highest BCUT2D eigenvalue weighted by molar-refractivity contribution is 9.10. The van der Waals surface area contributed by atoms with Crippen LogP contribution in [0, 0.1) is 0 Å². The van der Waals surface area contributed by atoms with E-state index in [0.29, 0.717) is 6.04 Å². The number of fused-ring (bicyclic) bond motifs is 1. The third-order valence-electron chi connectivity index (χ3n) is 4.89. The van der Waals surface area contributed by atoms with Crippen molar-refractivity contribution < 1.29 is 0 Å². The van der Waals surface area contributed by atoms with Crippen molar-refractivity contribution in [2.45, 2.75) is 13.0 Å². The number of piperazine rings is 1. The van der Waals surface area contributed by atoms with Gasteiger partial charge in [0, 0.05) is 61.5 Å². The molecule has 0 amide bonds. The van der Waals surface area contributed by atoms with Gasteiger partial charge < -0.3 is 4.90 Å². The molecule has 0 aliphatic carbocycles. The van der Waals surface area contributed by atoms with Crippen LogP contribution in [0.15, 0.2) is 53.5 Å². The molecule has 1 atom stereocenters. The lowest BCUT2D eigenvalue weighted by Gasteiger charge is -2.39. The minimum Gasteiger partial charge on any atom is -0.367 e. The molecular formula is C19H20BrN5. The van der Waals surface area contributed by atoms with Crippen LogP contribution in [0.3, 0.4) is 0 Å². The maximum atomic E-state index is 4.58. The Hall–Kier alpha value is -2.05. The maximum absolute atomic E-state index is 4.58. The second-order valence-corrected chi connectivity index (χ2v) is 7.25. The van der Waals surface area contributed by atoms with Gasteiger partial charge in [0.2, 0.25) is 0 Å². The summed E-state index contributed by atoms with van der Waals surface area (Å²) in [5, 5.41) is 0. The van der Waals surface area contributed by atoms with Gasteiger partial charge in [0.1, 0.15) is 5.52 Å². The van der Waals surface area contributed by atoms with E-state index in [1.807, 2.05) is 36.9 Å². The highest BCUT2D eigenvalue weighted by Gasteiger charge is 2.23. The summed E-state index contributed by atoms with van der Waals surface area (Å²) < 4.78 is 0.958. The van der Waals surface area contributed by atoms with Crippen molar-refractivity contribution in [2.75, 3.05) is 31.1 Å². The molecule has 1 aliphatic rings. The molecule has 5 nitrogen and oxygen atoms in total. The Bertz CT molecular complexity index is 862. The molecule has 1 aliphatic heterocycles. The molecule has 25 heavy (non-hydrogen) atoms. The zero-order chi connectivity index (χ0) is 17.2. The normalized spacial score (nSPS) is 17.0. The van der Waals surface area contributed by atoms with Crippen LogP contribution in [0.25, 0.3) is 11.0 Å². The number of hydrogen-bond donors (Lipinski definition) is 0. The first-order valence-corrected chi connectivity index (χ1v) is 9.31. The number of halogens is 1. The molecule has 1 saturated heterocycles. The number of pyridine rings is 3. The third kappa shape index (κ3) is 3.37. The van der Waals surface area contributed by atoms with Crippen molar-refractivity contribution in [3.63, 3.8) is 0 Å². The maximum Gasteiger partial charge on any atom is 0.112 e. The zero-order valence-electron chi connectivity index (χ0n) is 14.1. The highest BCUT2D eigenvalue weighted by Crippen LogP contribution is 2.28. The molecular weight excluding hydrogens is 378 g/mol. The summed E-state index contributed by atoms with van der Waals surface area (Å²) in [6.45, 7) is 6.28. The van der Waals surface area contributed by atoms with Crippen LogP contribution >= 0.6 is 15.9 Å². The van der Waals surface area contributed by atoms with E-state index in [1.165, 1.54) is 11.3 Å². The molecule has 0 radical (unpaired) electrons. The minimum atomic E-state index is 0.388. The summed E-state index contributed by atoms with van der Waals surface area (Å²) in [7, 11) is 0. The summed E-state index contributed by atoms with van der Waals surface area (Å²) >= 11 is 3.47. The first-order valence-electron chi connectivity index (χ1n) is 8.51. The van der Waals surface area contributed by atoms with Gasteiger partial charge in [-0.3, -0.25) is 19.9 Å². The first-order chi connectivity index (χ1) is 12.2. The molecule has 3 aromatic rings. The van der Waals surface area contributed by atoms with Gasteiger partial charge in [-0.05, 0) is 46.6 Å². The molecule has 4 heterocycles. The van der Waals surface area contributed by atoms with E-state index >= 15 is 0 Å². The van der Waals surface area contributed by atoms with Gasteiger partial charge in [0.15, 0.2) is 0 Å². The Morgan fingerprint density at radius 1 is 1.04 bits per heavy atom. The molecule has 3 aromatic heterocycles. The molecule has 0 N–H and O–H groups in total. The monoisotopic (exact) mass is 397 g/mol. The quantitative estimate of drug-likeness (QED) is 0.674. The van der Waals surface area contributed by atoms with Gasteiger partial charge in [-0.1, -0.05) is 6.07 Å². The molecule has 1 unspecified atom stereocenters.